The number of likely N-dealkylation sites (N-methyl/N-ethyl adjacent to an activating group) is 1. The van der Waals surface area contributed by atoms with Crippen LogP contribution in [0.25, 0.3) is 16.2 Å². The monoisotopic (exact) mass is 473 g/mol. The Morgan fingerprint density at radius 3 is 2.50 bits per heavy atom. The molecule has 22 heavy (non-hydrogen) atoms. The Morgan fingerprint density at radius 1 is 1.23 bits per heavy atom. The first-order valence-electron chi connectivity index (χ1n) is 6.80. The second kappa shape index (κ2) is 11.1. The summed E-state index contributed by atoms with van der Waals surface area (Å²) < 4.78 is 0. The number of fused-ring (bicyclic) bond motifs is 1. The molecule has 1 heterocycles. The minimum absolute atomic E-state index is 0.123. The van der Waals surface area contributed by atoms with Crippen molar-refractivity contribution in [1.29, 1.82) is 0 Å². The SMILES string of the molecule is CCN(CC)CC(=O)[N-]c1cccc2cccnc12.[Br][Co+][Br]. The van der Waals surface area contributed by atoms with Crippen molar-refractivity contribution in [3.63, 3.8) is 0 Å². The van der Waals surface area contributed by atoms with Crippen molar-refractivity contribution < 1.29 is 15.9 Å². The summed E-state index contributed by atoms with van der Waals surface area (Å²) >= 11 is 7.12. The quantitative estimate of drug-likeness (QED) is 0.625. The first-order chi connectivity index (χ1) is 10.7. The molecule has 122 valence electrons. The van der Waals surface area contributed by atoms with Gasteiger partial charge in [-0.3, -0.25) is 9.88 Å². The molecule has 0 spiro atoms. The van der Waals surface area contributed by atoms with E-state index in [1.807, 2.05) is 49.1 Å². The van der Waals surface area contributed by atoms with E-state index >= 15 is 0 Å². The van der Waals surface area contributed by atoms with Crippen LogP contribution < -0.4 is 0 Å². The van der Waals surface area contributed by atoms with E-state index in [0.717, 1.165) is 35.1 Å². The van der Waals surface area contributed by atoms with E-state index in [1.165, 1.54) is 0 Å². The van der Waals surface area contributed by atoms with Crippen LogP contribution in [0.4, 0.5) is 5.69 Å². The van der Waals surface area contributed by atoms with Gasteiger partial charge in [0.25, 0.3) is 0 Å². The van der Waals surface area contributed by atoms with Crippen molar-refractivity contribution >= 4 is 50.8 Å². The Kier molecular flexibility index (Phi) is 9.90. The van der Waals surface area contributed by atoms with Gasteiger partial charge in [0.2, 0.25) is 0 Å². The van der Waals surface area contributed by atoms with Crippen molar-refractivity contribution in [3.05, 3.63) is 41.8 Å². The number of rotatable bonds is 5. The van der Waals surface area contributed by atoms with E-state index < -0.39 is 0 Å². The molecule has 0 atom stereocenters. The summed E-state index contributed by atoms with van der Waals surface area (Å²) in [5.74, 6) is -0.123. The molecular weight excluding hydrogens is 457 g/mol. The maximum absolute atomic E-state index is 11.9. The fraction of sp³-hybridized carbons (Fsp3) is 0.333. The van der Waals surface area contributed by atoms with Crippen molar-refractivity contribution in [2.45, 2.75) is 13.8 Å². The van der Waals surface area contributed by atoms with E-state index in [2.05, 4.69) is 38.6 Å². The van der Waals surface area contributed by atoms with Gasteiger partial charge in [0.15, 0.2) is 0 Å². The Morgan fingerprint density at radius 2 is 1.86 bits per heavy atom. The van der Waals surface area contributed by atoms with E-state index in [1.54, 1.807) is 6.20 Å². The Labute approximate surface area is 151 Å². The number of hydrogen-bond donors (Lipinski definition) is 0. The number of aromatic nitrogens is 1. The number of carbonyl (C=O) groups is 1. The molecule has 0 N–H and O–H groups in total. The van der Waals surface area contributed by atoms with E-state index in [4.69, 9.17) is 0 Å². The standard InChI is InChI=1S/C15H19N3O.2BrH.Co/c1-3-18(4-2)11-14(19)17-13-9-5-7-12-8-6-10-16-15(12)13;;;/h5-10H,3-4,11H2,1-2H3,(H,17,19);2*1H;/q;;;+3/p-3. The van der Waals surface area contributed by atoms with Crippen LogP contribution in [0.5, 0.6) is 0 Å². The summed E-state index contributed by atoms with van der Waals surface area (Å²) in [5, 5.41) is 5.18. The van der Waals surface area contributed by atoms with Crippen LogP contribution in [0.1, 0.15) is 13.8 Å². The van der Waals surface area contributed by atoms with Gasteiger partial charge in [0.1, 0.15) is 0 Å². The fourth-order valence-electron chi connectivity index (χ4n) is 1.99. The molecule has 0 unspecified atom stereocenters. The van der Waals surface area contributed by atoms with E-state index in [-0.39, 0.29) is 5.91 Å². The fourth-order valence-corrected chi connectivity index (χ4v) is 1.99. The van der Waals surface area contributed by atoms with E-state index in [9.17, 15) is 4.79 Å². The second-order valence-electron chi connectivity index (χ2n) is 4.37. The average molecular weight is 475 g/mol. The molecule has 1 aromatic heterocycles. The molecule has 4 nitrogen and oxygen atoms in total. The van der Waals surface area contributed by atoms with Gasteiger partial charge >= 0.3 is 39.5 Å². The molecule has 0 saturated heterocycles. The number of amides is 1. The zero-order valence-corrected chi connectivity index (χ0v) is 16.6. The number of nitrogens with zero attached hydrogens (tertiary/aromatic N) is 3. The number of para-hydroxylation sites is 1. The van der Waals surface area contributed by atoms with Gasteiger partial charge in [-0.15, -0.1) is 5.69 Å². The topological polar surface area (TPSA) is 47.3 Å². The van der Waals surface area contributed by atoms with Crippen molar-refractivity contribution in [2.24, 2.45) is 0 Å². The molecule has 1 aromatic carbocycles. The molecule has 0 aliphatic rings. The Balaban J connectivity index is 0.000000745. The van der Waals surface area contributed by atoms with Crippen LogP contribution in [0.15, 0.2) is 36.5 Å². The summed E-state index contributed by atoms with van der Waals surface area (Å²) in [7, 11) is 0. The van der Waals surface area contributed by atoms with Gasteiger partial charge < -0.3 is 10.1 Å². The van der Waals surface area contributed by atoms with Crippen LogP contribution in [0.3, 0.4) is 0 Å². The number of pyridine rings is 1. The summed E-state index contributed by atoms with van der Waals surface area (Å²) in [4.78, 5) is 18.3. The summed E-state index contributed by atoms with van der Waals surface area (Å²) in [6.07, 6.45) is 1.72. The van der Waals surface area contributed by atoms with Gasteiger partial charge in [-0.05, 0) is 24.5 Å². The molecule has 0 fully saturated rings. The summed E-state index contributed by atoms with van der Waals surface area (Å²) in [6, 6.07) is 9.54. The second-order valence-corrected chi connectivity index (χ2v) is 9.62. The van der Waals surface area contributed by atoms with Gasteiger partial charge in [0.05, 0.1) is 11.4 Å². The van der Waals surface area contributed by atoms with Gasteiger partial charge in [-0.25, -0.2) is 0 Å². The van der Waals surface area contributed by atoms with Crippen molar-refractivity contribution in [2.75, 3.05) is 19.6 Å². The predicted molar refractivity (Wildman–Crippen MR) is 95.4 cm³/mol. The first kappa shape index (κ1) is 19.6. The molecule has 1 amide bonds. The number of benzene rings is 1. The zero-order valence-electron chi connectivity index (χ0n) is 12.4. The van der Waals surface area contributed by atoms with Crippen LogP contribution in [-0.2, 0) is 15.9 Å². The third kappa shape index (κ3) is 6.33. The van der Waals surface area contributed by atoms with Crippen molar-refractivity contribution in [1.82, 2.24) is 9.88 Å². The third-order valence-corrected chi connectivity index (χ3v) is 3.11. The molecule has 0 radical (unpaired) electrons. The van der Waals surface area contributed by atoms with Crippen LogP contribution in [-0.4, -0.2) is 35.4 Å². The predicted octanol–water partition coefficient (Wildman–Crippen LogP) is 4.80. The molecular formula is C15H18Br2CoN3O. The Bertz CT molecular complexity index is 589. The first-order valence-corrected chi connectivity index (χ1v) is 11.9. The molecule has 0 bridgehead atoms. The Hall–Kier alpha value is -0.474. The molecule has 2 rings (SSSR count). The van der Waals surface area contributed by atoms with Crippen LogP contribution >= 0.6 is 28.3 Å². The summed E-state index contributed by atoms with van der Waals surface area (Å²) in [6.45, 7) is 6.14. The molecule has 2 aromatic rings. The molecule has 0 saturated carbocycles. The van der Waals surface area contributed by atoms with Crippen LogP contribution in [0, 0.1) is 0 Å². The van der Waals surface area contributed by atoms with E-state index in [0.29, 0.717) is 12.2 Å². The maximum atomic E-state index is 11.9. The average Bonchev–Trinajstić information content (AvgIpc) is 2.54. The normalized spacial score (nSPS) is 10.4. The number of carbonyl (C=O) groups excluding carboxylic acids is 1. The third-order valence-electron chi connectivity index (χ3n) is 3.11. The molecule has 0 aliphatic heterocycles. The molecule has 7 heteroatoms. The minimum atomic E-state index is -0.123. The number of hydrogen-bond acceptors (Lipinski definition) is 3. The van der Waals surface area contributed by atoms with Gasteiger partial charge in [-0.1, -0.05) is 38.1 Å². The number of halogens is 2. The molecule has 0 aliphatic carbocycles. The van der Waals surface area contributed by atoms with Crippen LogP contribution in [0.2, 0.25) is 0 Å². The van der Waals surface area contributed by atoms with Crippen molar-refractivity contribution in [3.8, 4) is 0 Å². The van der Waals surface area contributed by atoms with Gasteiger partial charge in [-0.2, -0.15) is 0 Å². The summed E-state index contributed by atoms with van der Waals surface area (Å²) in [5.41, 5.74) is 1.42. The zero-order chi connectivity index (χ0) is 16.4. The van der Waals surface area contributed by atoms with Gasteiger partial charge in [0, 0.05) is 12.7 Å².